The fraction of sp³-hybridized carbons (Fsp3) is 0.455. The summed E-state index contributed by atoms with van der Waals surface area (Å²) in [5.74, 6) is 0. The van der Waals surface area contributed by atoms with E-state index in [4.69, 9.17) is 0 Å². The lowest BCUT2D eigenvalue weighted by atomic mass is 9.88. The lowest BCUT2D eigenvalue weighted by molar-refractivity contribution is 0.407. The Morgan fingerprint density at radius 2 is 1.54 bits per heavy atom. The molecular formula is C11H14Br2. The minimum absolute atomic E-state index is 0.258. The van der Waals surface area contributed by atoms with Crippen molar-refractivity contribution in [2.24, 2.45) is 5.41 Å². The van der Waals surface area contributed by atoms with Crippen molar-refractivity contribution in [3.63, 3.8) is 0 Å². The SMILES string of the molecule is CC(C)(C)C(Br)c1ccc(Br)cc1. The average molecular weight is 306 g/mol. The number of benzene rings is 1. The Kier molecular flexibility index (Phi) is 3.58. The summed E-state index contributed by atoms with van der Waals surface area (Å²) >= 11 is 7.15. The number of halogens is 2. The fourth-order valence-electron chi connectivity index (χ4n) is 1.13. The van der Waals surface area contributed by atoms with E-state index in [0.717, 1.165) is 4.47 Å². The molecule has 0 aliphatic heterocycles. The normalized spacial score (nSPS) is 14.2. The van der Waals surface area contributed by atoms with Gasteiger partial charge in [0, 0.05) is 9.30 Å². The van der Waals surface area contributed by atoms with Gasteiger partial charge in [-0.3, -0.25) is 0 Å². The highest BCUT2D eigenvalue weighted by Crippen LogP contribution is 2.40. The summed E-state index contributed by atoms with van der Waals surface area (Å²) in [4.78, 5) is 0.410. The van der Waals surface area contributed by atoms with Gasteiger partial charge < -0.3 is 0 Å². The highest BCUT2D eigenvalue weighted by atomic mass is 79.9. The van der Waals surface area contributed by atoms with E-state index in [2.05, 4.69) is 76.9 Å². The van der Waals surface area contributed by atoms with Crippen LogP contribution in [0.15, 0.2) is 28.7 Å². The average Bonchev–Trinajstić information content (AvgIpc) is 2.03. The molecule has 72 valence electrons. The molecule has 1 rings (SSSR count). The van der Waals surface area contributed by atoms with Crippen LogP contribution in [0, 0.1) is 5.41 Å². The van der Waals surface area contributed by atoms with Crippen LogP contribution in [0.3, 0.4) is 0 Å². The predicted molar refractivity (Wildman–Crippen MR) is 65.3 cm³/mol. The van der Waals surface area contributed by atoms with E-state index in [1.807, 2.05) is 0 Å². The van der Waals surface area contributed by atoms with Crippen LogP contribution in [-0.2, 0) is 0 Å². The predicted octanol–water partition coefficient (Wildman–Crippen LogP) is 4.93. The second kappa shape index (κ2) is 4.14. The molecular weight excluding hydrogens is 292 g/mol. The van der Waals surface area contributed by atoms with E-state index in [1.54, 1.807) is 0 Å². The Morgan fingerprint density at radius 3 is 1.92 bits per heavy atom. The summed E-state index contributed by atoms with van der Waals surface area (Å²) in [7, 11) is 0. The van der Waals surface area contributed by atoms with Crippen molar-refractivity contribution in [1.82, 2.24) is 0 Å². The molecule has 0 saturated carbocycles. The van der Waals surface area contributed by atoms with E-state index >= 15 is 0 Å². The van der Waals surface area contributed by atoms with Gasteiger partial charge in [-0.15, -0.1) is 0 Å². The summed E-state index contributed by atoms with van der Waals surface area (Å²) in [6.07, 6.45) is 0. The molecule has 1 atom stereocenters. The molecule has 0 nitrogen and oxygen atoms in total. The van der Waals surface area contributed by atoms with Gasteiger partial charge in [0.1, 0.15) is 0 Å². The van der Waals surface area contributed by atoms with Crippen LogP contribution < -0.4 is 0 Å². The first kappa shape index (κ1) is 11.3. The lowest BCUT2D eigenvalue weighted by Gasteiger charge is -2.25. The standard InChI is InChI=1S/C11H14Br2/c1-11(2,3)10(13)8-4-6-9(12)7-5-8/h4-7,10H,1-3H3. The van der Waals surface area contributed by atoms with E-state index in [1.165, 1.54) is 5.56 Å². The Hall–Kier alpha value is 0.180. The van der Waals surface area contributed by atoms with Crippen LogP contribution >= 0.6 is 31.9 Å². The van der Waals surface area contributed by atoms with Crippen molar-refractivity contribution in [1.29, 1.82) is 0 Å². The first-order chi connectivity index (χ1) is 5.91. The zero-order valence-corrected chi connectivity index (χ0v) is 11.3. The summed E-state index contributed by atoms with van der Waals surface area (Å²) in [5.41, 5.74) is 1.59. The lowest BCUT2D eigenvalue weighted by Crippen LogP contribution is -2.12. The molecule has 0 spiro atoms. The highest BCUT2D eigenvalue weighted by Gasteiger charge is 2.22. The first-order valence-electron chi connectivity index (χ1n) is 4.31. The Balaban J connectivity index is 2.90. The minimum atomic E-state index is 0.258. The number of hydrogen-bond acceptors (Lipinski definition) is 0. The third-order valence-electron chi connectivity index (χ3n) is 1.92. The van der Waals surface area contributed by atoms with Crippen LogP contribution in [0.2, 0.25) is 0 Å². The largest absolute Gasteiger partial charge is 0.0833 e. The van der Waals surface area contributed by atoms with Crippen LogP contribution in [0.1, 0.15) is 31.2 Å². The molecule has 0 radical (unpaired) electrons. The van der Waals surface area contributed by atoms with Crippen molar-refractivity contribution in [3.05, 3.63) is 34.3 Å². The number of alkyl halides is 1. The Morgan fingerprint density at radius 1 is 1.08 bits per heavy atom. The molecule has 0 N–H and O–H groups in total. The van der Waals surface area contributed by atoms with Crippen LogP contribution in [0.25, 0.3) is 0 Å². The molecule has 13 heavy (non-hydrogen) atoms. The van der Waals surface area contributed by atoms with Gasteiger partial charge in [-0.2, -0.15) is 0 Å². The van der Waals surface area contributed by atoms with Crippen LogP contribution in [0.4, 0.5) is 0 Å². The van der Waals surface area contributed by atoms with Gasteiger partial charge in [-0.05, 0) is 23.1 Å². The molecule has 0 heterocycles. The fourth-order valence-corrected chi connectivity index (χ4v) is 1.70. The summed E-state index contributed by atoms with van der Waals surface area (Å²) in [6.45, 7) is 6.69. The van der Waals surface area contributed by atoms with E-state index < -0.39 is 0 Å². The highest BCUT2D eigenvalue weighted by molar-refractivity contribution is 9.10. The molecule has 1 aromatic rings. The van der Waals surface area contributed by atoms with Gasteiger partial charge >= 0.3 is 0 Å². The molecule has 1 unspecified atom stereocenters. The molecule has 0 aliphatic rings. The van der Waals surface area contributed by atoms with Crippen LogP contribution in [0.5, 0.6) is 0 Å². The summed E-state index contributed by atoms with van der Waals surface area (Å²) in [5, 5.41) is 0. The molecule has 0 aliphatic carbocycles. The van der Waals surface area contributed by atoms with Crippen molar-refractivity contribution in [2.75, 3.05) is 0 Å². The molecule has 0 bridgehead atoms. The van der Waals surface area contributed by atoms with Gasteiger partial charge in [0.05, 0.1) is 0 Å². The monoisotopic (exact) mass is 304 g/mol. The number of hydrogen-bond donors (Lipinski definition) is 0. The topological polar surface area (TPSA) is 0 Å². The Labute approximate surface area is 97.0 Å². The molecule has 0 aromatic heterocycles. The quantitative estimate of drug-likeness (QED) is 0.645. The maximum absolute atomic E-state index is 3.72. The van der Waals surface area contributed by atoms with E-state index in [9.17, 15) is 0 Å². The molecule has 0 amide bonds. The third kappa shape index (κ3) is 3.10. The van der Waals surface area contributed by atoms with Crippen molar-refractivity contribution < 1.29 is 0 Å². The summed E-state index contributed by atoms with van der Waals surface area (Å²) < 4.78 is 1.13. The van der Waals surface area contributed by atoms with E-state index in [0.29, 0.717) is 4.83 Å². The minimum Gasteiger partial charge on any atom is -0.0833 e. The van der Waals surface area contributed by atoms with Gasteiger partial charge in [-0.25, -0.2) is 0 Å². The van der Waals surface area contributed by atoms with Gasteiger partial charge in [0.15, 0.2) is 0 Å². The first-order valence-corrected chi connectivity index (χ1v) is 6.01. The van der Waals surface area contributed by atoms with Gasteiger partial charge in [0.25, 0.3) is 0 Å². The smallest absolute Gasteiger partial charge is 0.0443 e. The third-order valence-corrected chi connectivity index (χ3v) is 4.35. The van der Waals surface area contributed by atoms with Crippen molar-refractivity contribution in [2.45, 2.75) is 25.6 Å². The molecule has 0 fully saturated rings. The second-order valence-corrected chi connectivity index (χ2v) is 6.11. The zero-order chi connectivity index (χ0) is 10.1. The summed E-state index contributed by atoms with van der Waals surface area (Å²) in [6, 6.07) is 8.45. The van der Waals surface area contributed by atoms with Gasteiger partial charge in [-0.1, -0.05) is 64.8 Å². The Bertz CT molecular complexity index is 269. The molecule has 0 saturated heterocycles. The maximum Gasteiger partial charge on any atom is 0.0443 e. The van der Waals surface area contributed by atoms with Crippen molar-refractivity contribution in [3.8, 4) is 0 Å². The van der Waals surface area contributed by atoms with Crippen LogP contribution in [-0.4, -0.2) is 0 Å². The van der Waals surface area contributed by atoms with Crippen molar-refractivity contribution >= 4 is 31.9 Å². The second-order valence-electron chi connectivity index (χ2n) is 4.28. The maximum atomic E-state index is 3.72. The molecule has 1 aromatic carbocycles. The molecule has 2 heteroatoms. The zero-order valence-electron chi connectivity index (χ0n) is 8.14. The number of rotatable bonds is 1. The van der Waals surface area contributed by atoms with Gasteiger partial charge in [0.2, 0.25) is 0 Å². The van der Waals surface area contributed by atoms with E-state index in [-0.39, 0.29) is 5.41 Å².